The molecule has 16 aromatic carbocycles. The van der Waals surface area contributed by atoms with E-state index in [0.717, 1.165) is 110 Å². The maximum atomic E-state index is 16.0. The van der Waals surface area contributed by atoms with Crippen molar-refractivity contribution >= 4 is 143 Å². The van der Waals surface area contributed by atoms with Crippen molar-refractivity contribution in [2.45, 2.75) is 79.1 Å². The number of hydrogen-bond donors (Lipinski definition) is 4. The first-order valence-corrected chi connectivity index (χ1v) is 41.8. The van der Waals surface area contributed by atoms with Crippen LogP contribution >= 0.6 is 0 Å². The molecule has 0 aromatic heterocycles. The summed E-state index contributed by atoms with van der Waals surface area (Å²) in [6.45, 7) is 16.5. The average Bonchev–Trinajstić information content (AvgIpc) is 1.45. The zero-order valence-corrected chi connectivity index (χ0v) is 67.8. The molecular weight excluding hydrogens is 1520 g/mol. The Morgan fingerprint density at radius 3 is 0.697 bits per heavy atom. The number of phenolic OH excluding ortho intramolecular Hbond substituents is 4. The molecule has 122 heavy (non-hydrogen) atoms. The molecular formula is C108H78N2O12. The van der Waals surface area contributed by atoms with Gasteiger partial charge in [-0.2, -0.15) is 0 Å². The van der Waals surface area contributed by atoms with Crippen LogP contribution < -0.4 is 28.7 Å². The van der Waals surface area contributed by atoms with Crippen LogP contribution in [0.1, 0.15) is 165 Å². The van der Waals surface area contributed by atoms with Crippen LogP contribution in [0.5, 0.6) is 69.0 Å². The molecule has 14 heteroatoms. The molecule has 23 rings (SSSR count). The SMILES string of the molecule is CC(C)c1cccc(C(C)C)c1N1C(=O)c2cc(Oc3ccc(O)cc3)c3c4ccc5c6c(ccc(c7c(Oc8ccc(O)cc8)cc(c2c37)C1=O)c64)C1=C[C@@H]2/C=C\[C@@H]3C=C4C(=CC3/C=C\C2C=C15)c1ccc2c3c(Oc5ccc(O)cc5)cc5c6c(cc(Oc7ccc(O)cc7)c(c7ccc4c1c27)c63)C(=O)N(c1c(C(C)C)cccc1C(C)C)C5=O. The van der Waals surface area contributed by atoms with Crippen LogP contribution in [0, 0.1) is 23.7 Å². The molecule has 2 unspecified atom stereocenters. The van der Waals surface area contributed by atoms with Gasteiger partial charge in [-0.15, -0.1) is 0 Å². The highest BCUT2D eigenvalue weighted by Gasteiger charge is 2.45. The molecule has 4 amide bonds. The molecule has 4 N–H and O–H groups in total. The minimum absolute atomic E-state index is 0.0354. The summed E-state index contributed by atoms with van der Waals surface area (Å²) in [4.78, 5) is 66.6. The van der Waals surface area contributed by atoms with Gasteiger partial charge in [-0.25, -0.2) is 9.80 Å². The van der Waals surface area contributed by atoms with E-state index in [1.54, 1.807) is 121 Å². The minimum Gasteiger partial charge on any atom is -0.508 e. The molecule has 0 bridgehead atoms. The lowest BCUT2D eigenvalue weighted by Crippen LogP contribution is -2.42. The van der Waals surface area contributed by atoms with E-state index in [4.69, 9.17) is 18.9 Å². The summed E-state index contributed by atoms with van der Waals surface area (Å²) in [6.07, 6.45) is 19.2. The number of amides is 4. The summed E-state index contributed by atoms with van der Waals surface area (Å²) in [5.74, 6) is 1.25. The third-order valence-electron chi connectivity index (χ3n) is 26.4. The number of para-hydroxylation sites is 2. The van der Waals surface area contributed by atoms with Crippen LogP contribution in [0.4, 0.5) is 11.4 Å². The van der Waals surface area contributed by atoms with E-state index >= 15 is 19.2 Å². The van der Waals surface area contributed by atoms with Gasteiger partial charge in [0.1, 0.15) is 69.0 Å². The van der Waals surface area contributed by atoms with Gasteiger partial charge in [-0.3, -0.25) is 19.2 Å². The van der Waals surface area contributed by atoms with Crippen LogP contribution in [0.3, 0.4) is 0 Å². The molecule has 0 saturated carbocycles. The van der Waals surface area contributed by atoms with Crippen LogP contribution in [0.15, 0.2) is 255 Å². The Morgan fingerprint density at radius 1 is 0.254 bits per heavy atom. The number of nitrogens with zero attached hydrogens (tertiary/aromatic N) is 2. The second kappa shape index (κ2) is 26.4. The first-order chi connectivity index (χ1) is 59.1. The molecule has 0 fully saturated rings. The van der Waals surface area contributed by atoms with Crippen LogP contribution in [-0.4, -0.2) is 44.1 Å². The summed E-state index contributed by atoms with van der Waals surface area (Å²) in [5.41, 5.74) is 14.5. The van der Waals surface area contributed by atoms with E-state index in [9.17, 15) is 20.4 Å². The van der Waals surface area contributed by atoms with Gasteiger partial charge < -0.3 is 39.4 Å². The second-order valence-corrected chi connectivity index (χ2v) is 34.7. The molecule has 7 aliphatic rings. The maximum Gasteiger partial charge on any atom is 0.266 e. The van der Waals surface area contributed by atoms with Gasteiger partial charge in [0, 0.05) is 66.8 Å². The van der Waals surface area contributed by atoms with E-state index in [1.165, 1.54) is 9.80 Å². The molecule has 2 aliphatic heterocycles. The number of anilines is 2. The summed E-state index contributed by atoms with van der Waals surface area (Å²) in [5, 5.41) is 54.8. The average molecular weight is 1600 g/mol. The Hall–Kier alpha value is -14.8. The highest BCUT2D eigenvalue weighted by molar-refractivity contribution is 6.48. The lowest BCUT2D eigenvalue weighted by molar-refractivity contribution is 0.0877. The quantitative estimate of drug-likeness (QED) is 0.0349. The Labute approximate surface area is 701 Å². The van der Waals surface area contributed by atoms with Crippen molar-refractivity contribution in [1.82, 2.24) is 0 Å². The first-order valence-electron chi connectivity index (χ1n) is 41.8. The van der Waals surface area contributed by atoms with Crippen molar-refractivity contribution in [3.05, 3.63) is 322 Å². The van der Waals surface area contributed by atoms with Crippen molar-refractivity contribution in [2.24, 2.45) is 23.7 Å². The first kappa shape index (κ1) is 72.5. The monoisotopic (exact) mass is 1590 g/mol. The summed E-state index contributed by atoms with van der Waals surface area (Å²) < 4.78 is 28.3. The Kier molecular flexibility index (Phi) is 15.7. The number of hydrogen-bond acceptors (Lipinski definition) is 12. The molecule has 0 spiro atoms. The highest BCUT2D eigenvalue weighted by Crippen LogP contribution is 2.62. The number of fused-ring (bicyclic) bond motifs is 12. The Bertz CT molecular complexity index is 6770. The Morgan fingerprint density at radius 2 is 0.475 bits per heavy atom. The third kappa shape index (κ3) is 10.4. The largest absolute Gasteiger partial charge is 0.508 e. The fourth-order valence-electron chi connectivity index (χ4n) is 20.9. The lowest BCUT2D eigenvalue weighted by Gasteiger charge is -2.33. The summed E-state index contributed by atoms with van der Waals surface area (Å²) in [6, 6.07) is 62.7. The van der Waals surface area contributed by atoms with Crippen LogP contribution in [0.25, 0.3) is 108 Å². The number of aromatic hydroxyl groups is 4. The number of carbonyl (C=O) groups is 4. The number of benzene rings is 16. The van der Waals surface area contributed by atoms with Crippen LogP contribution in [-0.2, 0) is 0 Å². The van der Waals surface area contributed by atoms with E-state index in [1.807, 2.05) is 36.4 Å². The zero-order chi connectivity index (χ0) is 83.2. The smallest absolute Gasteiger partial charge is 0.266 e. The normalized spacial score (nSPS) is 18.0. The van der Waals surface area contributed by atoms with Gasteiger partial charge in [0.2, 0.25) is 0 Å². The number of carbonyl (C=O) groups excluding carboxylic acids is 4. The molecule has 592 valence electrons. The van der Waals surface area contributed by atoms with Gasteiger partial charge in [0.15, 0.2) is 0 Å². The Balaban J connectivity index is 0.675. The summed E-state index contributed by atoms with van der Waals surface area (Å²) >= 11 is 0. The van der Waals surface area contributed by atoms with E-state index in [2.05, 4.69) is 153 Å². The van der Waals surface area contributed by atoms with Crippen molar-refractivity contribution < 1.29 is 58.6 Å². The second-order valence-electron chi connectivity index (χ2n) is 34.7. The molecule has 0 radical (unpaired) electrons. The predicted octanol–water partition coefficient (Wildman–Crippen LogP) is 26.8. The van der Waals surface area contributed by atoms with Crippen molar-refractivity contribution in [3.8, 4) is 69.0 Å². The molecule has 14 nitrogen and oxygen atoms in total. The van der Waals surface area contributed by atoms with Crippen molar-refractivity contribution in [3.63, 3.8) is 0 Å². The maximum absolute atomic E-state index is 16.0. The molecule has 4 atom stereocenters. The summed E-state index contributed by atoms with van der Waals surface area (Å²) in [7, 11) is 0. The minimum atomic E-state index is -0.477. The highest BCUT2D eigenvalue weighted by atomic mass is 16.5. The number of phenols is 4. The van der Waals surface area contributed by atoms with Gasteiger partial charge in [-0.05, 0) is 255 Å². The molecule has 2 heterocycles. The lowest BCUT2D eigenvalue weighted by atomic mass is 9.75. The predicted molar refractivity (Wildman–Crippen MR) is 484 cm³/mol. The van der Waals surface area contributed by atoms with Gasteiger partial charge in [0.05, 0.1) is 33.6 Å². The number of rotatable bonds is 14. The topological polar surface area (TPSA) is 193 Å². The van der Waals surface area contributed by atoms with Gasteiger partial charge in [-0.1, -0.05) is 189 Å². The zero-order valence-electron chi connectivity index (χ0n) is 67.8. The van der Waals surface area contributed by atoms with E-state index in [-0.39, 0.29) is 70.3 Å². The number of imide groups is 2. The molecule has 5 aliphatic carbocycles. The standard InChI is InChI=1S/C108H78N2O12/c1-51(2)67-11-9-12-68(52(3)4)103(67)109-105(115)83-47-87(119-63-27-19-59(111)20-28-63)97-75-39-35-71-79-43-55-15-17-57-45-81-73-37-41-77-94-78(42-38-74(92(73)94)82(81)46-58(57)18-16-56(55)44-80(79)72-36-40-76(93(75)91(71)72)98-88(120-64-29-21-60(112)22-30-64)48-84(106(109)116)95(83)101(97)98)100-90(122-66-33-25-62(114)26-34-66)50-86-96-85(49-89(99(77)102(96)100)121-65-31-23-61(113)24-32-65)107(117)110(108(86)118)104-69(53(5)6)13-10-14-70(104)54(7)8/h9-58,111-114H,1-8H3/b17-15-,18-16-/t55-,56?,57+,58?. The van der Waals surface area contributed by atoms with Gasteiger partial charge in [0.25, 0.3) is 23.6 Å². The molecule has 16 aromatic rings. The third-order valence-corrected chi connectivity index (χ3v) is 26.4. The van der Waals surface area contributed by atoms with E-state index < -0.39 is 23.6 Å². The molecule has 0 saturated heterocycles. The van der Waals surface area contributed by atoms with Crippen LogP contribution in [0.2, 0.25) is 0 Å². The number of ether oxygens (including phenoxy) is 4. The van der Waals surface area contributed by atoms with E-state index in [0.29, 0.717) is 123 Å². The fraction of sp³-hybridized carbons (Fsp3) is 0.148. The van der Waals surface area contributed by atoms with Gasteiger partial charge >= 0.3 is 0 Å². The fourth-order valence-corrected chi connectivity index (χ4v) is 20.9. The van der Waals surface area contributed by atoms with Crippen molar-refractivity contribution in [2.75, 3.05) is 9.80 Å². The van der Waals surface area contributed by atoms with Crippen molar-refractivity contribution in [1.29, 1.82) is 0 Å². The number of allylic oxidation sites excluding steroid dienone is 12.